The van der Waals surface area contributed by atoms with Gasteiger partial charge in [-0.1, -0.05) is 12.1 Å². The Bertz CT molecular complexity index is 1100. The molecule has 0 bridgehead atoms. The lowest BCUT2D eigenvalue weighted by Gasteiger charge is -2.21. The van der Waals surface area contributed by atoms with Crippen molar-refractivity contribution >= 4 is 17.0 Å². The number of aliphatic imine (C=N–C) groups is 1. The van der Waals surface area contributed by atoms with Gasteiger partial charge in [0.1, 0.15) is 11.7 Å². The Labute approximate surface area is 169 Å². The number of aryl methyl sites for hydroxylation is 1. The van der Waals surface area contributed by atoms with Gasteiger partial charge in [-0.3, -0.25) is 9.56 Å². The summed E-state index contributed by atoms with van der Waals surface area (Å²) in [5, 5.41) is 3.27. The first-order valence-electron chi connectivity index (χ1n) is 9.17. The van der Waals surface area contributed by atoms with Crippen LogP contribution in [0, 0.1) is 6.92 Å². The molecule has 0 aliphatic carbocycles. The SMILES string of the molecule is Cc1cc2cn(-c3ccc(CNC(CCN=C(N)N)C(F)(F)F)cc3)c(=O)nc2[nH]1. The van der Waals surface area contributed by atoms with E-state index in [0.29, 0.717) is 16.9 Å². The number of nitrogens with two attached hydrogens (primary N) is 2. The number of benzene rings is 1. The Morgan fingerprint density at radius 1 is 1.30 bits per heavy atom. The Morgan fingerprint density at radius 3 is 2.63 bits per heavy atom. The predicted octanol–water partition coefficient (Wildman–Crippen LogP) is 1.71. The number of rotatable bonds is 7. The molecule has 30 heavy (non-hydrogen) atoms. The normalized spacial score (nSPS) is 12.8. The van der Waals surface area contributed by atoms with Gasteiger partial charge in [0.15, 0.2) is 5.96 Å². The molecule has 2 heterocycles. The zero-order valence-corrected chi connectivity index (χ0v) is 16.2. The van der Waals surface area contributed by atoms with Gasteiger partial charge in [0.25, 0.3) is 0 Å². The third-order valence-corrected chi connectivity index (χ3v) is 4.52. The maximum atomic E-state index is 13.2. The second-order valence-electron chi connectivity index (χ2n) is 6.89. The van der Waals surface area contributed by atoms with Crippen molar-refractivity contribution in [3.05, 3.63) is 58.3 Å². The molecule has 0 spiro atoms. The lowest BCUT2D eigenvalue weighted by Crippen LogP contribution is -2.42. The van der Waals surface area contributed by atoms with Crippen LogP contribution in [-0.2, 0) is 6.54 Å². The van der Waals surface area contributed by atoms with Crippen molar-refractivity contribution in [1.82, 2.24) is 19.9 Å². The average Bonchev–Trinajstić information content (AvgIpc) is 3.02. The summed E-state index contributed by atoms with van der Waals surface area (Å²) < 4.78 is 40.9. The van der Waals surface area contributed by atoms with Gasteiger partial charge in [-0.15, -0.1) is 0 Å². The number of nitrogens with zero attached hydrogens (tertiary/aromatic N) is 3. The zero-order chi connectivity index (χ0) is 21.9. The number of nitrogens with one attached hydrogen (secondary N) is 2. The fourth-order valence-corrected chi connectivity index (χ4v) is 3.04. The number of halogens is 3. The highest BCUT2D eigenvalue weighted by Crippen LogP contribution is 2.23. The standard InChI is InChI=1S/C19H22F3N7O/c1-11-8-13-10-29(18(30)28-16(13)27-11)14-4-2-12(3-5-14)9-26-15(19(20,21)22)6-7-25-17(23)24/h2-5,8,10,15,26H,6-7,9H2,1H3,(H4,23,24,25)(H,27,28,30). The van der Waals surface area contributed by atoms with Crippen LogP contribution in [0.3, 0.4) is 0 Å². The van der Waals surface area contributed by atoms with E-state index in [0.717, 1.165) is 11.1 Å². The average molecular weight is 421 g/mol. The molecular formula is C19H22F3N7O. The largest absolute Gasteiger partial charge is 0.403 e. The van der Waals surface area contributed by atoms with Crippen LogP contribution in [0.5, 0.6) is 0 Å². The van der Waals surface area contributed by atoms with Crippen molar-refractivity contribution in [1.29, 1.82) is 0 Å². The van der Waals surface area contributed by atoms with Crippen molar-refractivity contribution in [2.75, 3.05) is 6.54 Å². The highest BCUT2D eigenvalue weighted by molar-refractivity contribution is 5.76. The summed E-state index contributed by atoms with van der Waals surface area (Å²) in [7, 11) is 0. The topological polar surface area (TPSA) is 127 Å². The first kappa shape index (κ1) is 21.4. The Hall–Kier alpha value is -3.34. The van der Waals surface area contributed by atoms with Crippen LogP contribution >= 0.6 is 0 Å². The predicted molar refractivity (Wildman–Crippen MR) is 108 cm³/mol. The molecule has 0 radical (unpaired) electrons. The van der Waals surface area contributed by atoms with E-state index in [1.165, 1.54) is 4.57 Å². The first-order chi connectivity index (χ1) is 14.1. The van der Waals surface area contributed by atoms with E-state index >= 15 is 0 Å². The van der Waals surface area contributed by atoms with E-state index in [4.69, 9.17) is 11.5 Å². The molecule has 2 aromatic heterocycles. The van der Waals surface area contributed by atoms with Crippen LogP contribution in [-0.4, -0.2) is 39.3 Å². The smallest absolute Gasteiger partial charge is 0.370 e. The van der Waals surface area contributed by atoms with Crippen molar-refractivity contribution in [3.8, 4) is 5.69 Å². The Kier molecular flexibility index (Phi) is 6.11. The minimum Gasteiger partial charge on any atom is -0.370 e. The molecule has 8 nitrogen and oxygen atoms in total. The van der Waals surface area contributed by atoms with Gasteiger partial charge in [-0.05, 0) is 37.1 Å². The van der Waals surface area contributed by atoms with Crippen LogP contribution in [0.25, 0.3) is 16.7 Å². The molecule has 160 valence electrons. The summed E-state index contributed by atoms with van der Waals surface area (Å²) in [6, 6.07) is 6.76. The van der Waals surface area contributed by atoms with E-state index < -0.39 is 17.9 Å². The van der Waals surface area contributed by atoms with Gasteiger partial charge in [0.2, 0.25) is 0 Å². The van der Waals surface area contributed by atoms with Gasteiger partial charge in [0, 0.05) is 30.4 Å². The highest BCUT2D eigenvalue weighted by atomic mass is 19.4. The maximum absolute atomic E-state index is 13.2. The maximum Gasteiger partial charge on any atom is 0.403 e. The van der Waals surface area contributed by atoms with Gasteiger partial charge >= 0.3 is 11.9 Å². The molecule has 0 saturated carbocycles. The fourth-order valence-electron chi connectivity index (χ4n) is 3.04. The lowest BCUT2D eigenvalue weighted by molar-refractivity contribution is -0.157. The van der Waals surface area contributed by atoms with Crippen LogP contribution < -0.4 is 22.5 Å². The van der Waals surface area contributed by atoms with Gasteiger partial charge in [0.05, 0.1) is 5.69 Å². The number of aromatic nitrogens is 3. The highest BCUT2D eigenvalue weighted by Gasteiger charge is 2.38. The summed E-state index contributed by atoms with van der Waals surface area (Å²) in [6.07, 6.45) is -3.04. The molecule has 0 amide bonds. The van der Waals surface area contributed by atoms with Crippen LogP contribution in [0.4, 0.5) is 13.2 Å². The number of aromatic amines is 1. The molecule has 1 unspecified atom stereocenters. The quantitative estimate of drug-likeness (QED) is 0.341. The van der Waals surface area contributed by atoms with E-state index in [1.807, 2.05) is 13.0 Å². The molecule has 0 aliphatic rings. The second kappa shape index (κ2) is 8.57. The first-order valence-corrected chi connectivity index (χ1v) is 9.17. The van der Waals surface area contributed by atoms with Gasteiger partial charge in [-0.2, -0.15) is 18.2 Å². The monoisotopic (exact) mass is 421 g/mol. The van der Waals surface area contributed by atoms with Crippen molar-refractivity contribution < 1.29 is 13.2 Å². The molecule has 11 heteroatoms. The Morgan fingerprint density at radius 2 is 2.00 bits per heavy atom. The number of alkyl halides is 3. The molecule has 3 aromatic rings. The zero-order valence-electron chi connectivity index (χ0n) is 16.2. The van der Waals surface area contributed by atoms with E-state index in [1.54, 1.807) is 30.5 Å². The molecule has 3 rings (SSSR count). The fraction of sp³-hybridized carbons (Fsp3) is 0.316. The summed E-state index contributed by atoms with van der Waals surface area (Å²) in [5.74, 6) is -0.246. The van der Waals surface area contributed by atoms with Crippen molar-refractivity contribution in [3.63, 3.8) is 0 Å². The van der Waals surface area contributed by atoms with Crippen LogP contribution in [0.2, 0.25) is 0 Å². The van der Waals surface area contributed by atoms with Gasteiger partial charge < -0.3 is 21.8 Å². The van der Waals surface area contributed by atoms with Crippen molar-refractivity contribution in [2.24, 2.45) is 16.5 Å². The van der Waals surface area contributed by atoms with Gasteiger partial charge in [-0.25, -0.2) is 4.79 Å². The van der Waals surface area contributed by atoms with E-state index in [-0.39, 0.29) is 25.5 Å². The summed E-state index contributed by atoms with van der Waals surface area (Å²) in [4.78, 5) is 22.9. The Balaban J connectivity index is 1.71. The van der Waals surface area contributed by atoms with Crippen molar-refractivity contribution in [2.45, 2.75) is 32.1 Å². The molecule has 0 fully saturated rings. The number of fused-ring (bicyclic) bond motifs is 1. The summed E-state index contributed by atoms with van der Waals surface area (Å²) in [5.41, 5.74) is 12.4. The number of guanidine groups is 1. The van der Waals surface area contributed by atoms with Crippen LogP contribution in [0.1, 0.15) is 17.7 Å². The molecule has 0 saturated heterocycles. The molecule has 1 atom stereocenters. The van der Waals surface area contributed by atoms with E-state index in [9.17, 15) is 18.0 Å². The third kappa shape index (κ3) is 5.17. The molecular weight excluding hydrogens is 399 g/mol. The third-order valence-electron chi connectivity index (χ3n) is 4.52. The summed E-state index contributed by atoms with van der Waals surface area (Å²) in [6.45, 7) is 1.73. The summed E-state index contributed by atoms with van der Waals surface area (Å²) >= 11 is 0. The molecule has 0 aliphatic heterocycles. The number of hydrogen-bond acceptors (Lipinski definition) is 4. The minimum absolute atomic E-state index is 0.00450. The number of hydrogen-bond donors (Lipinski definition) is 4. The number of H-pyrrole nitrogens is 1. The van der Waals surface area contributed by atoms with E-state index in [2.05, 4.69) is 20.3 Å². The molecule has 6 N–H and O–H groups in total. The second-order valence-corrected chi connectivity index (χ2v) is 6.89. The minimum atomic E-state index is -4.43. The lowest BCUT2D eigenvalue weighted by atomic mass is 10.1. The van der Waals surface area contributed by atoms with Crippen LogP contribution in [0.15, 0.2) is 46.3 Å². The molecule has 1 aromatic carbocycles.